The van der Waals surface area contributed by atoms with Crippen LogP contribution in [-0.4, -0.2) is 17.4 Å². The summed E-state index contributed by atoms with van der Waals surface area (Å²) in [6.07, 6.45) is 6.46. The van der Waals surface area contributed by atoms with Crippen molar-refractivity contribution in [3.8, 4) is 10.6 Å². The molecule has 2 aromatic rings. The Labute approximate surface area is 141 Å². The fourth-order valence-corrected chi connectivity index (χ4v) is 2.74. The summed E-state index contributed by atoms with van der Waals surface area (Å²) >= 11 is 1.59. The third-order valence-electron chi connectivity index (χ3n) is 3.18. The van der Waals surface area contributed by atoms with E-state index in [1.54, 1.807) is 17.5 Å². The largest absolute Gasteiger partial charge is 0.330 e. The van der Waals surface area contributed by atoms with Crippen molar-refractivity contribution in [1.29, 1.82) is 0 Å². The van der Waals surface area contributed by atoms with Gasteiger partial charge in [0.25, 0.3) is 0 Å². The number of hydrogen-bond donors (Lipinski definition) is 2. The van der Waals surface area contributed by atoms with E-state index < -0.39 is 0 Å². The number of halogens is 1. The first-order valence-corrected chi connectivity index (χ1v) is 8.17. The van der Waals surface area contributed by atoms with Crippen molar-refractivity contribution in [3.63, 3.8) is 0 Å². The van der Waals surface area contributed by atoms with Crippen molar-refractivity contribution in [1.82, 2.24) is 4.98 Å². The van der Waals surface area contributed by atoms with Gasteiger partial charge in [0.15, 0.2) is 0 Å². The molecule has 0 aliphatic carbocycles. The number of nitrogens with two attached hydrogens (primary N) is 1. The molecule has 0 aliphatic rings. The molecule has 0 saturated heterocycles. The highest BCUT2D eigenvalue weighted by atomic mass is 35.5. The number of benzene rings is 1. The molecule has 120 valence electrons. The molecule has 22 heavy (non-hydrogen) atoms. The van der Waals surface area contributed by atoms with E-state index in [0.717, 1.165) is 48.5 Å². The second-order valence-corrected chi connectivity index (χ2v) is 5.81. The smallest absolute Gasteiger partial charge is 0.224 e. The molecule has 1 aromatic carbocycles. The summed E-state index contributed by atoms with van der Waals surface area (Å²) in [5.74, 6) is 0.0686. The Hall–Kier alpha value is -1.43. The van der Waals surface area contributed by atoms with Crippen LogP contribution in [0.2, 0.25) is 0 Å². The van der Waals surface area contributed by atoms with Gasteiger partial charge in [-0.25, -0.2) is 4.98 Å². The standard InChI is InChI=1S/C16H21N3OS.ClH/c17-9-4-2-1-3-8-15(20)19-14-7-5-6-13(12-14)16-18-10-11-21-16;/h5-7,10-12H,1-4,8-9,17H2,(H,19,20);1H. The minimum absolute atomic E-state index is 0. The van der Waals surface area contributed by atoms with E-state index in [-0.39, 0.29) is 18.3 Å². The van der Waals surface area contributed by atoms with Gasteiger partial charge >= 0.3 is 0 Å². The van der Waals surface area contributed by atoms with E-state index in [4.69, 9.17) is 5.73 Å². The van der Waals surface area contributed by atoms with Crippen LogP contribution in [0, 0.1) is 0 Å². The molecular weight excluding hydrogens is 318 g/mol. The van der Waals surface area contributed by atoms with Gasteiger partial charge in [-0.15, -0.1) is 23.7 Å². The van der Waals surface area contributed by atoms with Crippen LogP contribution >= 0.6 is 23.7 Å². The number of amides is 1. The summed E-state index contributed by atoms with van der Waals surface area (Å²) in [7, 11) is 0. The highest BCUT2D eigenvalue weighted by molar-refractivity contribution is 7.13. The lowest BCUT2D eigenvalue weighted by molar-refractivity contribution is -0.116. The third-order valence-corrected chi connectivity index (χ3v) is 4.01. The van der Waals surface area contributed by atoms with Crippen molar-refractivity contribution < 1.29 is 4.79 Å². The van der Waals surface area contributed by atoms with E-state index in [2.05, 4.69) is 10.3 Å². The Morgan fingerprint density at radius 1 is 1.23 bits per heavy atom. The van der Waals surface area contributed by atoms with E-state index in [1.807, 2.05) is 29.6 Å². The summed E-state index contributed by atoms with van der Waals surface area (Å²) in [6, 6.07) is 7.81. The van der Waals surface area contributed by atoms with E-state index in [9.17, 15) is 4.79 Å². The van der Waals surface area contributed by atoms with Crippen molar-refractivity contribution in [2.45, 2.75) is 32.1 Å². The topological polar surface area (TPSA) is 68.0 Å². The molecule has 0 fully saturated rings. The Balaban J connectivity index is 0.00000242. The zero-order valence-electron chi connectivity index (χ0n) is 12.5. The molecule has 0 saturated carbocycles. The summed E-state index contributed by atoms with van der Waals surface area (Å²) in [4.78, 5) is 16.2. The molecule has 1 aromatic heterocycles. The van der Waals surface area contributed by atoms with Crippen LogP contribution in [0.5, 0.6) is 0 Å². The lowest BCUT2D eigenvalue weighted by Gasteiger charge is -2.06. The molecule has 1 heterocycles. The molecule has 0 aliphatic heterocycles. The highest BCUT2D eigenvalue weighted by Crippen LogP contribution is 2.24. The molecule has 2 rings (SSSR count). The number of nitrogens with one attached hydrogen (secondary N) is 1. The monoisotopic (exact) mass is 339 g/mol. The normalized spacial score (nSPS) is 10.0. The maximum atomic E-state index is 11.9. The Morgan fingerprint density at radius 3 is 2.77 bits per heavy atom. The third kappa shape index (κ3) is 6.13. The summed E-state index contributed by atoms with van der Waals surface area (Å²) in [5.41, 5.74) is 7.30. The van der Waals surface area contributed by atoms with E-state index >= 15 is 0 Å². The second-order valence-electron chi connectivity index (χ2n) is 4.92. The number of nitrogens with zero attached hydrogens (tertiary/aromatic N) is 1. The van der Waals surface area contributed by atoms with Crippen LogP contribution in [0.25, 0.3) is 10.6 Å². The molecule has 6 heteroatoms. The van der Waals surface area contributed by atoms with Crippen LogP contribution in [0.15, 0.2) is 35.8 Å². The molecule has 0 bridgehead atoms. The van der Waals surface area contributed by atoms with Crippen LogP contribution in [0.1, 0.15) is 32.1 Å². The van der Waals surface area contributed by atoms with Gasteiger partial charge in [-0.1, -0.05) is 25.0 Å². The summed E-state index contributed by atoms with van der Waals surface area (Å²) < 4.78 is 0. The van der Waals surface area contributed by atoms with Crippen molar-refractivity contribution in [2.24, 2.45) is 5.73 Å². The zero-order chi connectivity index (χ0) is 14.9. The Kier molecular flexibility index (Phi) is 8.74. The number of anilines is 1. The van der Waals surface area contributed by atoms with Gasteiger partial charge in [0.2, 0.25) is 5.91 Å². The van der Waals surface area contributed by atoms with Gasteiger partial charge in [0, 0.05) is 29.2 Å². The average molecular weight is 340 g/mol. The van der Waals surface area contributed by atoms with Crippen molar-refractivity contribution in [3.05, 3.63) is 35.8 Å². The van der Waals surface area contributed by atoms with Gasteiger partial charge in [-0.05, 0) is 31.5 Å². The predicted molar refractivity (Wildman–Crippen MR) is 95.6 cm³/mol. The van der Waals surface area contributed by atoms with Crippen LogP contribution in [-0.2, 0) is 4.79 Å². The molecule has 0 radical (unpaired) electrons. The first-order chi connectivity index (χ1) is 10.3. The fraction of sp³-hybridized carbons (Fsp3) is 0.375. The number of thiazole rings is 1. The number of aromatic nitrogens is 1. The number of hydrogen-bond acceptors (Lipinski definition) is 4. The van der Waals surface area contributed by atoms with Crippen LogP contribution in [0.4, 0.5) is 5.69 Å². The first kappa shape index (κ1) is 18.6. The van der Waals surface area contributed by atoms with Crippen LogP contribution in [0.3, 0.4) is 0 Å². The van der Waals surface area contributed by atoms with Gasteiger partial charge in [0.05, 0.1) is 0 Å². The maximum Gasteiger partial charge on any atom is 0.224 e. The Bertz CT molecular complexity index is 560. The van der Waals surface area contributed by atoms with Crippen molar-refractivity contribution in [2.75, 3.05) is 11.9 Å². The van der Waals surface area contributed by atoms with E-state index in [1.165, 1.54) is 0 Å². The average Bonchev–Trinajstić information content (AvgIpc) is 3.01. The first-order valence-electron chi connectivity index (χ1n) is 7.29. The summed E-state index contributed by atoms with van der Waals surface area (Å²) in [6.45, 7) is 0.732. The number of carbonyl (C=O) groups is 1. The second kappa shape index (κ2) is 10.3. The molecule has 0 atom stereocenters. The molecule has 4 nitrogen and oxygen atoms in total. The van der Waals surface area contributed by atoms with Gasteiger partial charge in [0.1, 0.15) is 5.01 Å². The highest BCUT2D eigenvalue weighted by Gasteiger charge is 2.05. The van der Waals surface area contributed by atoms with Gasteiger partial charge in [-0.2, -0.15) is 0 Å². The quantitative estimate of drug-likeness (QED) is 0.712. The Morgan fingerprint density at radius 2 is 2.05 bits per heavy atom. The minimum Gasteiger partial charge on any atom is -0.330 e. The van der Waals surface area contributed by atoms with E-state index in [0.29, 0.717) is 6.42 Å². The molecule has 1 amide bonds. The van der Waals surface area contributed by atoms with Gasteiger partial charge < -0.3 is 11.1 Å². The molecular formula is C16H22ClN3OS. The lowest BCUT2D eigenvalue weighted by Crippen LogP contribution is -2.11. The summed E-state index contributed by atoms with van der Waals surface area (Å²) in [5, 5.41) is 5.86. The number of rotatable bonds is 8. The predicted octanol–water partition coefficient (Wildman–Crippen LogP) is 4.08. The lowest BCUT2D eigenvalue weighted by atomic mass is 10.1. The molecule has 3 N–H and O–H groups in total. The fourth-order valence-electron chi connectivity index (χ4n) is 2.10. The molecule has 0 unspecified atom stereocenters. The molecule has 0 spiro atoms. The number of carbonyl (C=O) groups excluding carboxylic acids is 1. The minimum atomic E-state index is 0. The maximum absolute atomic E-state index is 11.9. The zero-order valence-corrected chi connectivity index (χ0v) is 14.1. The van der Waals surface area contributed by atoms with Gasteiger partial charge in [-0.3, -0.25) is 4.79 Å². The number of unbranched alkanes of at least 4 members (excludes halogenated alkanes) is 3. The van der Waals surface area contributed by atoms with Crippen molar-refractivity contribution >= 4 is 35.3 Å². The van der Waals surface area contributed by atoms with Crippen LogP contribution < -0.4 is 11.1 Å². The SMILES string of the molecule is Cl.NCCCCCCC(=O)Nc1cccc(-c2nccs2)c1.